The van der Waals surface area contributed by atoms with Crippen molar-refractivity contribution in [1.82, 2.24) is 4.57 Å². The van der Waals surface area contributed by atoms with Crippen molar-refractivity contribution in [3.8, 4) is 50.2 Å². The van der Waals surface area contributed by atoms with Crippen LogP contribution in [-0.2, 0) is 32.5 Å². The number of hydrogen-bond donors (Lipinski definition) is 0. The van der Waals surface area contributed by atoms with Crippen molar-refractivity contribution in [2.24, 2.45) is 0 Å². The minimum absolute atomic E-state index is 0.0784. The van der Waals surface area contributed by atoms with E-state index in [2.05, 4.69) is 342 Å². The van der Waals surface area contributed by atoms with Crippen LogP contribution in [0.2, 0.25) is 0 Å². The molecule has 454 valence electrons. The average Bonchev–Trinajstić information content (AvgIpc) is 0.898. The van der Waals surface area contributed by atoms with Crippen LogP contribution in [0.15, 0.2) is 231 Å². The van der Waals surface area contributed by atoms with E-state index in [1.165, 1.54) is 139 Å². The molecular weight excluding hydrogens is 1110 g/mol. The van der Waals surface area contributed by atoms with Crippen LogP contribution in [-0.4, -0.2) is 11.3 Å². The van der Waals surface area contributed by atoms with Crippen LogP contribution in [0.3, 0.4) is 0 Å². The molecule has 4 heteroatoms. The lowest BCUT2D eigenvalue weighted by atomic mass is 9.33. The highest BCUT2D eigenvalue weighted by Crippen LogP contribution is 2.54. The molecule has 4 aliphatic rings. The van der Waals surface area contributed by atoms with Gasteiger partial charge in [-0.05, 0) is 200 Å². The summed E-state index contributed by atoms with van der Waals surface area (Å²) in [6.07, 6.45) is 2.28. The Hall–Kier alpha value is -9.12. The molecule has 1 aromatic heterocycles. The van der Waals surface area contributed by atoms with E-state index in [0.29, 0.717) is 0 Å². The number of fused-ring (bicyclic) bond motifs is 9. The first-order valence-electron chi connectivity index (χ1n) is 33.6. The Morgan fingerprint density at radius 1 is 0.315 bits per heavy atom. The Morgan fingerprint density at radius 3 is 1.09 bits per heavy atom. The number of benzene rings is 11. The zero-order valence-electron chi connectivity index (χ0n) is 56.3. The fourth-order valence-corrected chi connectivity index (χ4v) is 17.9. The fraction of sp³-hybridized carbons (Fsp3) is 0.250. The van der Waals surface area contributed by atoms with E-state index in [9.17, 15) is 0 Å². The van der Waals surface area contributed by atoms with Gasteiger partial charge in [-0.15, -0.1) is 0 Å². The molecule has 2 aliphatic carbocycles. The van der Waals surface area contributed by atoms with Crippen molar-refractivity contribution in [3.63, 3.8) is 0 Å². The molecule has 0 spiro atoms. The standard InChI is InChI=1S/C88H84BN3/c1-83(2,3)68-27-19-15-23-64(68)59-37-45-78-74(49-59)89-75-50-60(65-24-16-20-28-69(65)84(4,5)6)38-46-79(75)91(62-41-33-56(34-42-62)58-36-44-71-73(48-58)88(13,14)54-86(71,9)10)81-52-63(92-76-29-21-17-25-66(76)67-26-18-22-30-77(67)92)51-80(82(81)89)90(78)61-39-31-55(32-40-61)57-35-43-70-72(47-57)87(11,12)53-85(70,7)8/h15-52H,53-54H2,1-14H3. The van der Waals surface area contributed by atoms with Crippen LogP contribution < -0.4 is 26.2 Å². The monoisotopic (exact) mass is 1190 g/mol. The molecule has 3 nitrogen and oxygen atoms in total. The third-order valence-electron chi connectivity index (χ3n) is 21.6. The van der Waals surface area contributed by atoms with Gasteiger partial charge in [0, 0.05) is 44.9 Å². The maximum atomic E-state index is 2.61. The summed E-state index contributed by atoms with van der Waals surface area (Å²) in [5.74, 6) is 0. The van der Waals surface area contributed by atoms with Gasteiger partial charge in [0.05, 0.1) is 16.7 Å². The molecule has 12 aromatic rings. The Kier molecular flexibility index (Phi) is 12.7. The third kappa shape index (κ3) is 9.05. The highest BCUT2D eigenvalue weighted by Gasteiger charge is 2.46. The topological polar surface area (TPSA) is 11.4 Å². The van der Waals surface area contributed by atoms with E-state index < -0.39 is 0 Å². The second kappa shape index (κ2) is 20.2. The van der Waals surface area contributed by atoms with Gasteiger partial charge in [0.25, 0.3) is 6.71 Å². The van der Waals surface area contributed by atoms with Crippen molar-refractivity contribution in [3.05, 3.63) is 264 Å². The molecule has 0 atom stereocenters. The van der Waals surface area contributed by atoms with Gasteiger partial charge in [-0.3, -0.25) is 0 Å². The van der Waals surface area contributed by atoms with Gasteiger partial charge in [-0.25, -0.2) is 0 Å². The van der Waals surface area contributed by atoms with Gasteiger partial charge in [0.2, 0.25) is 0 Å². The molecule has 11 aromatic carbocycles. The molecule has 0 fully saturated rings. The third-order valence-corrected chi connectivity index (χ3v) is 21.6. The number of rotatable bonds is 7. The van der Waals surface area contributed by atoms with Crippen LogP contribution in [0.1, 0.15) is 143 Å². The molecule has 16 rings (SSSR count). The molecule has 0 N–H and O–H groups in total. The Balaban J connectivity index is 0.981. The highest BCUT2D eigenvalue weighted by molar-refractivity contribution is 7.00. The van der Waals surface area contributed by atoms with Crippen LogP contribution in [0.25, 0.3) is 72.0 Å². The fourth-order valence-electron chi connectivity index (χ4n) is 17.9. The van der Waals surface area contributed by atoms with Gasteiger partial charge in [0.15, 0.2) is 0 Å². The van der Waals surface area contributed by atoms with Gasteiger partial charge in [-0.2, -0.15) is 0 Å². The number of anilines is 6. The molecule has 2 aliphatic heterocycles. The first-order valence-corrected chi connectivity index (χ1v) is 33.6. The van der Waals surface area contributed by atoms with Crippen molar-refractivity contribution in [2.45, 2.75) is 142 Å². The SMILES string of the molecule is CC(C)(C)c1ccccc1-c1ccc2c(c1)B1c3cc(-c4ccccc4C(C)(C)C)ccc3N(c3ccc(-c4ccc5c(c4)C(C)(C)CC5(C)C)cc3)c3cc(-n4c5ccccc5c5ccccc54)cc(c31)N2c1ccc(-c2ccc3c(c2)C(C)(C)CC3(C)C)cc1. The van der Waals surface area contributed by atoms with E-state index in [4.69, 9.17) is 0 Å². The second-order valence-corrected chi connectivity index (χ2v) is 32.0. The van der Waals surface area contributed by atoms with E-state index in [-0.39, 0.29) is 39.2 Å². The molecule has 0 bridgehead atoms. The Labute approximate surface area is 546 Å². The lowest BCUT2D eigenvalue weighted by molar-refractivity contribution is 0.402. The van der Waals surface area contributed by atoms with Crippen LogP contribution in [0.5, 0.6) is 0 Å². The first-order chi connectivity index (χ1) is 43.8. The number of aromatic nitrogens is 1. The van der Waals surface area contributed by atoms with E-state index in [1.807, 2.05) is 0 Å². The molecule has 0 amide bonds. The highest BCUT2D eigenvalue weighted by atomic mass is 15.2. The summed E-state index contributed by atoms with van der Waals surface area (Å²) in [6, 6.07) is 89.6. The maximum Gasteiger partial charge on any atom is 0.252 e. The van der Waals surface area contributed by atoms with Gasteiger partial charge < -0.3 is 14.4 Å². The summed E-state index contributed by atoms with van der Waals surface area (Å²) in [7, 11) is 0. The quantitative estimate of drug-likeness (QED) is 0.147. The summed E-state index contributed by atoms with van der Waals surface area (Å²) in [5.41, 5.74) is 33.2. The molecule has 0 unspecified atom stereocenters. The van der Waals surface area contributed by atoms with Crippen molar-refractivity contribution < 1.29 is 0 Å². The van der Waals surface area contributed by atoms with Crippen LogP contribution >= 0.6 is 0 Å². The molecule has 0 radical (unpaired) electrons. The molecule has 3 heterocycles. The predicted octanol–water partition coefficient (Wildman–Crippen LogP) is 22.0. The summed E-state index contributed by atoms with van der Waals surface area (Å²) >= 11 is 0. The van der Waals surface area contributed by atoms with Crippen molar-refractivity contribution in [1.29, 1.82) is 0 Å². The zero-order valence-corrected chi connectivity index (χ0v) is 56.3. The molecule has 0 saturated heterocycles. The summed E-state index contributed by atoms with van der Waals surface area (Å²) in [6.45, 7) is 33.3. The van der Waals surface area contributed by atoms with Crippen LogP contribution in [0.4, 0.5) is 34.1 Å². The summed E-state index contributed by atoms with van der Waals surface area (Å²) < 4.78 is 2.52. The normalized spacial score (nSPS) is 16.3. The van der Waals surface area contributed by atoms with Gasteiger partial charge in [-0.1, -0.05) is 267 Å². The number of hydrogen-bond acceptors (Lipinski definition) is 2. The van der Waals surface area contributed by atoms with Crippen molar-refractivity contribution >= 4 is 79.0 Å². The molecule has 0 saturated carbocycles. The van der Waals surface area contributed by atoms with E-state index >= 15 is 0 Å². The number of nitrogens with zero attached hydrogens (tertiary/aromatic N) is 3. The predicted molar refractivity (Wildman–Crippen MR) is 395 cm³/mol. The average molecular weight is 1190 g/mol. The van der Waals surface area contributed by atoms with Gasteiger partial charge >= 0.3 is 0 Å². The van der Waals surface area contributed by atoms with E-state index in [0.717, 1.165) is 29.9 Å². The molecule has 92 heavy (non-hydrogen) atoms. The molecular formula is C88H84BN3. The minimum Gasteiger partial charge on any atom is -0.311 e. The van der Waals surface area contributed by atoms with Gasteiger partial charge in [0.1, 0.15) is 0 Å². The minimum atomic E-state index is -0.148. The van der Waals surface area contributed by atoms with Crippen molar-refractivity contribution in [2.75, 3.05) is 9.80 Å². The Morgan fingerprint density at radius 2 is 0.674 bits per heavy atom. The lowest BCUT2D eigenvalue weighted by Crippen LogP contribution is -2.61. The first kappa shape index (κ1) is 58.0. The smallest absolute Gasteiger partial charge is 0.252 e. The largest absolute Gasteiger partial charge is 0.311 e. The Bertz CT molecular complexity index is 4700. The number of para-hydroxylation sites is 2. The summed E-state index contributed by atoms with van der Waals surface area (Å²) in [4.78, 5) is 5.22. The van der Waals surface area contributed by atoms with Crippen LogP contribution in [0, 0.1) is 0 Å². The summed E-state index contributed by atoms with van der Waals surface area (Å²) in [5, 5.41) is 2.48. The second-order valence-electron chi connectivity index (χ2n) is 32.0. The van der Waals surface area contributed by atoms with E-state index in [1.54, 1.807) is 0 Å². The lowest BCUT2D eigenvalue weighted by Gasteiger charge is -2.45. The maximum absolute atomic E-state index is 2.61. The zero-order chi connectivity index (χ0) is 63.8.